The highest BCUT2D eigenvalue weighted by Crippen LogP contribution is 2.21. The van der Waals surface area contributed by atoms with Gasteiger partial charge in [-0.05, 0) is 24.6 Å². The summed E-state index contributed by atoms with van der Waals surface area (Å²) in [5.74, 6) is -0.898. The predicted molar refractivity (Wildman–Crippen MR) is 81.6 cm³/mol. The van der Waals surface area contributed by atoms with Crippen molar-refractivity contribution in [3.8, 4) is 0 Å². The van der Waals surface area contributed by atoms with Gasteiger partial charge in [-0.15, -0.1) is 0 Å². The molecule has 1 unspecified atom stereocenters. The van der Waals surface area contributed by atoms with Crippen LogP contribution in [0, 0.1) is 12.7 Å². The third-order valence-corrected chi connectivity index (χ3v) is 3.82. The number of hydrogen-bond donors (Lipinski definition) is 1. The number of carbonyl (C=O) groups is 1. The minimum atomic E-state index is -0.501. The summed E-state index contributed by atoms with van der Waals surface area (Å²) < 4.78 is 13.6. The highest BCUT2D eigenvalue weighted by atomic mass is 79.9. The van der Waals surface area contributed by atoms with Crippen LogP contribution in [0.25, 0.3) is 0 Å². The van der Waals surface area contributed by atoms with Gasteiger partial charge in [-0.3, -0.25) is 4.79 Å². The Morgan fingerprint density at radius 2 is 1.95 bits per heavy atom. The number of rotatable bonds is 4. The van der Waals surface area contributed by atoms with E-state index in [4.69, 9.17) is 0 Å². The van der Waals surface area contributed by atoms with Crippen molar-refractivity contribution in [3.63, 3.8) is 0 Å². The fraction of sp³-hybridized carbons (Fsp3) is 0.188. The molecule has 4 heteroatoms. The maximum atomic E-state index is 13.6. The molecule has 0 aliphatic rings. The van der Waals surface area contributed by atoms with E-state index >= 15 is 0 Å². The molecule has 1 amide bonds. The molecule has 1 atom stereocenters. The molecule has 0 saturated carbocycles. The molecule has 2 aromatic rings. The highest BCUT2D eigenvalue weighted by molar-refractivity contribution is 9.09. The number of halogens is 2. The van der Waals surface area contributed by atoms with E-state index in [9.17, 15) is 9.18 Å². The number of nitrogens with one attached hydrogen (secondary N) is 1. The normalized spacial score (nSPS) is 11.9. The fourth-order valence-corrected chi connectivity index (χ4v) is 2.34. The van der Waals surface area contributed by atoms with Crippen LogP contribution >= 0.6 is 15.9 Å². The van der Waals surface area contributed by atoms with Gasteiger partial charge in [0.1, 0.15) is 5.82 Å². The van der Waals surface area contributed by atoms with E-state index in [2.05, 4.69) is 21.2 Å². The molecule has 0 spiro atoms. The van der Waals surface area contributed by atoms with Crippen LogP contribution in [0.5, 0.6) is 0 Å². The van der Waals surface area contributed by atoms with Crippen LogP contribution in [0.2, 0.25) is 0 Å². The summed E-state index contributed by atoms with van der Waals surface area (Å²) in [5, 5.41) is 2.74. The number of hydrogen-bond acceptors (Lipinski definition) is 1. The van der Waals surface area contributed by atoms with E-state index in [1.165, 1.54) is 6.07 Å². The summed E-state index contributed by atoms with van der Waals surface area (Å²) in [7, 11) is 0. The van der Waals surface area contributed by atoms with Gasteiger partial charge < -0.3 is 5.32 Å². The van der Waals surface area contributed by atoms with Crippen LogP contribution in [0.15, 0.2) is 48.5 Å². The van der Waals surface area contributed by atoms with Gasteiger partial charge in [0.15, 0.2) is 0 Å². The summed E-state index contributed by atoms with van der Waals surface area (Å²) in [4.78, 5) is 12.0. The van der Waals surface area contributed by atoms with Crippen molar-refractivity contribution >= 4 is 21.8 Å². The number of aryl methyl sites for hydroxylation is 1. The molecule has 0 saturated heterocycles. The summed E-state index contributed by atoms with van der Waals surface area (Å²) in [5.41, 5.74) is 2.00. The van der Waals surface area contributed by atoms with Crippen molar-refractivity contribution in [2.45, 2.75) is 11.8 Å². The molecule has 0 aliphatic carbocycles. The fourth-order valence-electron chi connectivity index (χ4n) is 1.87. The maximum Gasteiger partial charge on any atom is 0.254 e. The molecule has 2 nitrogen and oxygen atoms in total. The van der Waals surface area contributed by atoms with Gasteiger partial charge in [-0.1, -0.05) is 57.9 Å². The second kappa shape index (κ2) is 6.66. The average molecular weight is 336 g/mol. The first-order chi connectivity index (χ1) is 9.58. The Bertz CT molecular complexity index is 601. The molecular weight excluding hydrogens is 321 g/mol. The first-order valence-corrected chi connectivity index (χ1v) is 7.23. The van der Waals surface area contributed by atoms with E-state index in [0.29, 0.717) is 6.54 Å². The summed E-state index contributed by atoms with van der Waals surface area (Å²) in [6.07, 6.45) is 0. The van der Waals surface area contributed by atoms with Crippen LogP contribution in [-0.2, 0) is 0 Å². The van der Waals surface area contributed by atoms with Crippen molar-refractivity contribution < 1.29 is 9.18 Å². The molecule has 0 radical (unpaired) electrons. The Labute approximate surface area is 126 Å². The molecule has 0 bridgehead atoms. The molecule has 2 aromatic carbocycles. The molecule has 0 heterocycles. The number of alkyl halides is 1. The molecule has 0 fully saturated rings. The predicted octanol–water partition coefficient (Wildman–Crippen LogP) is 4.00. The molecule has 0 aliphatic heterocycles. The van der Waals surface area contributed by atoms with Crippen LogP contribution in [0.3, 0.4) is 0 Å². The van der Waals surface area contributed by atoms with Crippen molar-refractivity contribution in [3.05, 3.63) is 71.0 Å². The SMILES string of the molecule is Cc1ccc(F)c(C(=O)NCC(Br)c2ccccc2)c1. The first kappa shape index (κ1) is 14.7. The quantitative estimate of drug-likeness (QED) is 0.840. The van der Waals surface area contributed by atoms with Gasteiger partial charge in [0.05, 0.1) is 10.4 Å². The zero-order valence-electron chi connectivity index (χ0n) is 11.1. The van der Waals surface area contributed by atoms with E-state index < -0.39 is 11.7 Å². The van der Waals surface area contributed by atoms with Crippen LogP contribution in [0.4, 0.5) is 4.39 Å². The van der Waals surface area contributed by atoms with Gasteiger partial charge in [0, 0.05) is 6.54 Å². The van der Waals surface area contributed by atoms with E-state index in [1.807, 2.05) is 37.3 Å². The van der Waals surface area contributed by atoms with Gasteiger partial charge in [-0.25, -0.2) is 4.39 Å². The van der Waals surface area contributed by atoms with Gasteiger partial charge >= 0.3 is 0 Å². The van der Waals surface area contributed by atoms with Crippen molar-refractivity contribution in [1.82, 2.24) is 5.32 Å². The Morgan fingerprint density at radius 3 is 2.65 bits per heavy atom. The topological polar surface area (TPSA) is 29.1 Å². The summed E-state index contributed by atoms with van der Waals surface area (Å²) in [6.45, 7) is 2.23. The third-order valence-electron chi connectivity index (χ3n) is 2.97. The molecular formula is C16H15BrFNO. The molecule has 0 aromatic heterocycles. The highest BCUT2D eigenvalue weighted by Gasteiger charge is 2.14. The van der Waals surface area contributed by atoms with Crippen molar-refractivity contribution in [2.75, 3.05) is 6.54 Å². The Kier molecular flexibility index (Phi) is 4.90. The minimum Gasteiger partial charge on any atom is -0.350 e. The largest absolute Gasteiger partial charge is 0.350 e. The van der Waals surface area contributed by atoms with Crippen LogP contribution < -0.4 is 5.32 Å². The van der Waals surface area contributed by atoms with Crippen molar-refractivity contribution in [1.29, 1.82) is 0 Å². The monoisotopic (exact) mass is 335 g/mol. The summed E-state index contributed by atoms with van der Waals surface area (Å²) >= 11 is 3.51. The molecule has 20 heavy (non-hydrogen) atoms. The Morgan fingerprint density at radius 1 is 1.25 bits per heavy atom. The second-order valence-corrected chi connectivity index (χ2v) is 5.68. The lowest BCUT2D eigenvalue weighted by Gasteiger charge is -2.12. The minimum absolute atomic E-state index is 0.000482. The lowest BCUT2D eigenvalue weighted by molar-refractivity contribution is 0.0950. The lowest BCUT2D eigenvalue weighted by Crippen LogP contribution is -2.27. The third kappa shape index (κ3) is 3.67. The number of carbonyl (C=O) groups excluding carboxylic acids is 1. The van der Waals surface area contributed by atoms with Gasteiger partial charge in [0.25, 0.3) is 5.91 Å². The number of benzene rings is 2. The Balaban J connectivity index is 2.00. The van der Waals surface area contributed by atoms with E-state index in [-0.39, 0.29) is 10.4 Å². The first-order valence-electron chi connectivity index (χ1n) is 6.31. The standard InChI is InChI=1S/C16H15BrFNO/c1-11-7-8-15(18)13(9-11)16(20)19-10-14(17)12-5-3-2-4-6-12/h2-9,14H,10H2,1H3,(H,19,20). The zero-order valence-corrected chi connectivity index (χ0v) is 12.7. The zero-order chi connectivity index (χ0) is 14.5. The molecule has 2 rings (SSSR count). The Hall–Kier alpha value is -1.68. The van der Waals surface area contributed by atoms with Crippen LogP contribution in [0.1, 0.15) is 26.3 Å². The number of amides is 1. The second-order valence-electron chi connectivity index (χ2n) is 4.57. The van der Waals surface area contributed by atoms with Crippen LogP contribution in [-0.4, -0.2) is 12.5 Å². The van der Waals surface area contributed by atoms with Gasteiger partial charge in [0.2, 0.25) is 0 Å². The molecule has 1 N–H and O–H groups in total. The van der Waals surface area contributed by atoms with E-state index in [1.54, 1.807) is 12.1 Å². The molecule has 104 valence electrons. The maximum absolute atomic E-state index is 13.6. The van der Waals surface area contributed by atoms with Crippen molar-refractivity contribution in [2.24, 2.45) is 0 Å². The smallest absolute Gasteiger partial charge is 0.254 e. The lowest BCUT2D eigenvalue weighted by atomic mass is 10.1. The van der Waals surface area contributed by atoms with E-state index in [0.717, 1.165) is 11.1 Å². The average Bonchev–Trinajstić information content (AvgIpc) is 2.47. The summed E-state index contributed by atoms with van der Waals surface area (Å²) in [6, 6.07) is 14.3. The van der Waals surface area contributed by atoms with Gasteiger partial charge in [-0.2, -0.15) is 0 Å².